The first-order chi connectivity index (χ1) is 5.11. The summed E-state index contributed by atoms with van der Waals surface area (Å²) in [4.78, 5) is 0. The van der Waals surface area contributed by atoms with Crippen LogP contribution in [0, 0.1) is 3.57 Å². The maximum atomic E-state index is 12.0. The lowest BCUT2D eigenvalue weighted by Gasteiger charge is -2.01. The minimum absolute atomic E-state index is 0.0251. The Morgan fingerprint density at radius 3 is 2.45 bits per heavy atom. The molecule has 0 bridgehead atoms. The summed E-state index contributed by atoms with van der Waals surface area (Å²) in [5, 5.41) is 0. The van der Waals surface area contributed by atoms with Gasteiger partial charge in [0.1, 0.15) is 0 Å². The fourth-order valence-corrected chi connectivity index (χ4v) is 1.03. The lowest BCUT2D eigenvalue weighted by molar-refractivity contribution is 0.151. The van der Waals surface area contributed by atoms with Crippen LogP contribution in [0.25, 0.3) is 0 Å². The van der Waals surface area contributed by atoms with Gasteiger partial charge in [0.15, 0.2) is 0 Å². The van der Waals surface area contributed by atoms with E-state index in [4.69, 9.17) is 5.73 Å². The number of hydrogen-bond donors (Lipinski definition) is 1. The molecule has 1 aromatic carbocycles. The highest BCUT2D eigenvalue weighted by Gasteiger charge is 2.07. The molecule has 0 aliphatic heterocycles. The Morgan fingerprint density at radius 1 is 1.36 bits per heavy atom. The fraction of sp³-hybridized carbons (Fsp3) is 0.143. The molecule has 0 fully saturated rings. The fourth-order valence-electron chi connectivity index (χ4n) is 0.698. The summed E-state index contributed by atoms with van der Waals surface area (Å²) in [5.74, 6) is 0. The zero-order valence-electron chi connectivity index (χ0n) is 5.52. The highest BCUT2D eigenvalue weighted by atomic mass is 127. The van der Waals surface area contributed by atoms with E-state index in [-0.39, 0.29) is 5.56 Å². The zero-order valence-corrected chi connectivity index (χ0v) is 7.68. The molecule has 0 aromatic heterocycles. The Balaban J connectivity index is 3.05. The molecule has 0 aliphatic carbocycles. The average molecular weight is 269 g/mol. The van der Waals surface area contributed by atoms with E-state index in [2.05, 4.69) is 0 Å². The summed E-state index contributed by atoms with van der Waals surface area (Å²) in [7, 11) is 0. The molecule has 11 heavy (non-hydrogen) atoms. The number of rotatable bonds is 1. The van der Waals surface area contributed by atoms with Gasteiger partial charge in [-0.3, -0.25) is 0 Å². The van der Waals surface area contributed by atoms with Gasteiger partial charge in [0.05, 0.1) is 0 Å². The molecule has 0 aliphatic rings. The number of anilines is 1. The molecule has 0 saturated heterocycles. The van der Waals surface area contributed by atoms with Gasteiger partial charge in [-0.05, 0) is 34.7 Å². The Morgan fingerprint density at radius 2 is 2.00 bits per heavy atom. The molecule has 0 spiro atoms. The van der Waals surface area contributed by atoms with E-state index in [0.29, 0.717) is 5.69 Å². The first-order valence-corrected chi connectivity index (χ1v) is 4.02. The standard InChI is InChI=1S/C7H6F2IN/c8-7(9)4-1-2-5(10)6(11)3-4/h1-3,7H,11H2. The summed E-state index contributed by atoms with van der Waals surface area (Å²) in [6.07, 6.45) is -2.44. The van der Waals surface area contributed by atoms with Gasteiger partial charge in [-0.25, -0.2) is 8.78 Å². The second-order valence-electron chi connectivity index (χ2n) is 2.08. The van der Waals surface area contributed by atoms with Crippen molar-refractivity contribution in [3.05, 3.63) is 27.3 Å². The van der Waals surface area contributed by atoms with Crippen LogP contribution in [0.2, 0.25) is 0 Å². The molecular weight excluding hydrogens is 263 g/mol. The summed E-state index contributed by atoms with van der Waals surface area (Å²) >= 11 is 1.99. The summed E-state index contributed by atoms with van der Waals surface area (Å²) in [5.41, 5.74) is 5.80. The summed E-state index contributed by atoms with van der Waals surface area (Å²) in [6, 6.07) is 4.26. The lowest BCUT2D eigenvalue weighted by atomic mass is 10.2. The molecule has 1 aromatic rings. The Hall–Kier alpha value is -0.390. The molecule has 2 N–H and O–H groups in total. The third-order valence-corrected chi connectivity index (χ3v) is 2.25. The van der Waals surface area contributed by atoms with Gasteiger partial charge in [0.25, 0.3) is 6.43 Å². The van der Waals surface area contributed by atoms with Crippen LogP contribution in [0.5, 0.6) is 0 Å². The van der Waals surface area contributed by atoms with Gasteiger partial charge >= 0.3 is 0 Å². The van der Waals surface area contributed by atoms with Crippen LogP contribution in [0.3, 0.4) is 0 Å². The zero-order chi connectivity index (χ0) is 8.43. The number of benzene rings is 1. The molecule has 1 nitrogen and oxygen atoms in total. The van der Waals surface area contributed by atoms with E-state index >= 15 is 0 Å². The van der Waals surface area contributed by atoms with Crippen LogP contribution in [-0.2, 0) is 0 Å². The number of nitrogen functional groups attached to an aromatic ring is 1. The second-order valence-corrected chi connectivity index (χ2v) is 3.24. The van der Waals surface area contributed by atoms with Gasteiger partial charge in [-0.1, -0.05) is 6.07 Å². The molecule has 0 unspecified atom stereocenters. The number of halogens is 3. The lowest BCUT2D eigenvalue weighted by Crippen LogP contribution is -1.92. The van der Waals surface area contributed by atoms with Gasteiger partial charge < -0.3 is 5.73 Å². The maximum Gasteiger partial charge on any atom is 0.263 e. The maximum absolute atomic E-state index is 12.0. The molecule has 0 heterocycles. The van der Waals surface area contributed by atoms with Crippen molar-refractivity contribution >= 4 is 28.3 Å². The van der Waals surface area contributed by atoms with Gasteiger partial charge in [0.2, 0.25) is 0 Å². The van der Waals surface area contributed by atoms with Crippen LogP contribution in [0.1, 0.15) is 12.0 Å². The molecule has 1 rings (SSSR count). The van der Waals surface area contributed by atoms with Crippen molar-refractivity contribution in [2.45, 2.75) is 6.43 Å². The molecule has 0 saturated carbocycles. The van der Waals surface area contributed by atoms with Crippen molar-refractivity contribution in [1.82, 2.24) is 0 Å². The summed E-state index contributed by atoms with van der Waals surface area (Å²) < 4.78 is 24.8. The van der Waals surface area contributed by atoms with Crippen molar-refractivity contribution < 1.29 is 8.78 Å². The van der Waals surface area contributed by atoms with E-state index in [1.54, 1.807) is 6.07 Å². The SMILES string of the molecule is Nc1cc(C(F)F)ccc1I. The highest BCUT2D eigenvalue weighted by Crippen LogP contribution is 2.23. The molecule has 0 radical (unpaired) electrons. The van der Waals surface area contributed by atoms with Crippen LogP contribution >= 0.6 is 22.6 Å². The van der Waals surface area contributed by atoms with E-state index < -0.39 is 6.43 Å². The van der Waals surface area contributed by atoms with Crippen molar-refractivity contribution in [2.24, 2.45) is 0 Å². The normalized spacial score (nSPS) is 10.5. The molecule has 4 heteroatoms. The predicted octanol–water partition coefficient (Wildman–Crippen LogP) is 2.81. The first-order valence-electron chi connectivity index (χ1n) is 2.94. The quantitative estimate of drug-likeness (QED) is 0.615. The van der Waals surface area contributed by atoms with E-state index in [9.17, 15) is 8.78 Å². The van der Waals surface area contributed by atoms with Gasteiger partial charge in [-0.15, -0.1) is 0 Å². The molecular formula is C7H6F2IN. The highest BCUT2D eigenvalue weighted by molar-refractivity contribution is 14.1. The van der Waals surface area contributed by atoms with Crippen LogP contribution in [0.4, 0.5) is 14.5 Å². The van der Waals surface area contributed by atoms with Crippen LogP contribution in [0.15, 0.2) is 18.2 Å². The average Bonchev–Trinajstić information content (AvgIpc) is 1.94. The third-order valence-electron chi connectivity index (χ3n) is 1.27. The van der Waals surface area contributed by atoms with Crippen molar-refractivity contribution in [3.63, 3.8) is 0 Å². The topological polar surface area (TPSA) is 26.0 Å². The van der Waals surface area contributed by atoms with E-state index in [1.165, 1.54) is 12.1 Å². The van der Waals surface area contributed by atoms with E-state index in [0.717, 1.165) is 3.57 Å². The van der Waals surface area contributed by atoms with E-state index in [1.807, 2.05) is 22.6 Å². The third kappa shape index (κ3) is 2.02. The van der Waals surface area contributed by atoms with Crippen LogP contribution < -0.4 is 5.73 Å². The molecule has 0 atom stereocenters. The Kier molecular flexibility index (Phi) is 2.64. The predicted molar refractivity (Wildman–Crippen MR) is 48.5 cm³/mol. The second kappa shape index (κ2) is 3.34. The number of hydrogen-bond acceptors (Lipinski definition) is 1. The number of alkyl halides is 2. The minimum Gasteiger partial charge on any atom is -0.398 e. The van der Waals surface area contributed by atoms with Crippen molar-refractivity contribution in [1.29, 1.82) is 0 Å². The first kappa shape index (κ1) is 8.70. The largest absolute Gasteiger partial charge is 0.398 e. The van der Waals surface area contributed by atoms with Crippen molar-refractivity contribution in [3.8, 4) is 0 Å². The minimum atomic E-state index is -2.44. The van der Waals surface area contributed by atoms with Gasteiger partial charge in [0, 0.05) is 14.8 Å². The Labute approximate surface area is 76.7 Å². The van der Waals surface area contributed by atoms with Gasteiger partial charge in [-0.2, -0.15) is 0 Å². The molecule has 0 amide bonds. The van der Waals surface area contributed by atoms with Crippen LogP contribution in [-0.4, -0.2) is 0 Å². The monoisotopic (exact) mass is 269 g/mol. The molecule has 60 valence electrons. The Bertz CT molecular complexity index is 263. The van der Waals surface area contributed by atoms with Crippen molar-refractivity contribution in [2.75, 3.05) is 5.73 Å². The number of nitrogens with two attached hydrogens (primary N) is 1. The smallest absolute Gasteiger partial charge is 0.263 e. The summed E-state index contributed by atoms with van der Waals surface area (Å²) in [6.45, 7) is 0.